The molecule has 1 aliphatic carbocycles. The van der Waals surface area contributed by atoms with E-state index in [2.05, 4.69) is 10.2 Å². The molecule has 5 nitrogen and oxygen atoms in total. The Kier molecular flexibility index (Phi) is 3.23. The Morgan fingerprint density at radius 1 is 1.43 bits per heavy atom. The molecule has 1 aromatic carbocycles. The molecule has 1 saturated heterocycles. The number of aliphatic hydroxyl groups is 1. The summed E-state index contributed by atoms with van der Waals surface area (Å²) in [7, 11) is 0. The number of hydrogen-bond acceptors (Lipinski definition) is 3. The molecule has 120 valence electrons. The van der Waals surface area contributed by atoms with Crippen molar-refractivity contribution in [3.63, 3.8) is 0 Å². The molecule has 2 aliphatic rings. The maximum absolute atomic E-state index is 13.5. The quantitative estimate of drug-likeness (QED) is 0.913. The van der Waals surface area contributed by atoms with Gasteiger partial charge < -0.3 is 10.0 Å². The maximum atomic E-state index is 13.5. The van der Waals surface area contributed by atoms with Crippen molar-refractivity contribution in [3.05, 3.63) is 41.8 Å². The monoisotopic (exact) mass is 315 g/mol. The highest BCUT2D eigenvalue weighted by atomic mass is 19.1. The van der Waals surface area contributed by atoms with Crippen molar-refractivity contribution in [2.24, 2.45) is 0 Å². The van der Waals surface area contributed by atoms with Gasteiger partial charge in [0.1, 0.15) is 5.82 Å². The average Bonchev–Trinajstić information content (AvgIpc) is 3.01. The third kappa shape index (κ3) is 2.43. The third-order valence-electron chi connectivity index (χ3n) is 4.88. The van der Waals surface area contributed by atoms with Crippen molar-refractivity contribution in [2.75, 3.05) is 6.54 Å². The molecule has 4 rings (SSSR count). The molecular formula is C17H18FN3O2. The first kappa shape index (κ1) is 14.4. The molecule has 0 bridgehead atoms. The van der Waals surface area contributed by atoms with Gasteiger partial charge in [-0.1, -0.05) is 12.1 Å². The van der Waals surface area contributed by atoms with E-state index in [0.29, 0.717) is 23.4 Å². The first-order valence-corrected chi connectivity index (χ1v) is 7.91. The number of halogens is 1. The summed E-state index contributed by atoms with van der Waals surface area (Å²) in [5.74, 6) is -0.511. The lowest BCUT2D eigenvalue weighted by atomic mass is 10.0. The van der Waals surface area contributed by atoms with Gasteiger partial charge in [-0.2, -0.15) is 5.10 Å². The summed E-state index contributed by atoms with van der Waals surface area (Å²) in [6, 6.07) is 5.96. The number of carbonyl (C=O) groups excluding carboxylic acids is 1. The van der Waals surface area contributed by atoms with Crippen molar-refractivity contribution < 1.29 is 14.3 Å². The fourth-order valence-electron chi connectivity index (χ4n) is 3.50. The van der Waals surface area contributed by atoms with Crippen molar-refractivity contribution >= 4 is 5.91 Å². The lowest BCUT2D eigenvalue weighted by Gasteiger charge is -2.28. The van der Waals surface area contributed by atoms with E-state index in [1.807, 2.05) is 0 Å². The molecule has 1 aromatic heterocycles. The third-order valence-corrected chi connectivity index (χ3v) is 4.88. The Morgan fingerprint density at radius 3 is 3.00 bits per heavy atom. The van der Waals surface area contributed by atoms with Gasteiger partial charge in [0.2, 0.25) is 0 Å². The summed E-state index contributed by atoms with van der Waals surface area (Å²) in [5.41, 5.74) is 0.816. The van der Waals surface area contributed by atoms with Gasteiger partial charge in [0.15, 0.2) is 0 Å². The molecule has 23 heavy (non-hydrogen) atoms. The Bertz CT molecular complexity index is 754. The second kappa shape index (κ2) is 5.16. The van der Waals surface area contributed by atoms with E-state index < -0.39 is 5.60 Å². The van der Waals surface area contributed by atoms with Crippen LogP contribution in [-0.4, -0.2) is 44.3 Å². The molecule has 2 heterocycles. The molecular weight excluding hydrogens is 297 g/mol. The first-order valence-electron chi connectivity index (χ1n) is 7.91. The highest BCUT2D eigenvalue weighted by Crippen LogP contribution is 2.45. The molecule has 2 aromatic rings. The second-order valence-corrected chi connectivity index (χ2v) is 6.43. The normalized spacial score (nSPS) is 22.3. The van der Waals surface area contributed by atoms with Gasteiger partial charge >= 0.3 is 0 Å². The van der Waals surface area contributed by atoms with Crippen LogP contribution in [0.15, 0.2) is 30.5 Å². The average molecular weight is 315 g/mol. The van der Waals surface area contributed by atoms with Crippen LogP contribution in [0.25, 0.3) is 11.3 Å². The predicted octanol–water partition coefficient (Wildman–Crippen LogP) is 2.35. The maximum Gasteiger partial charge on any atom is 0.258 e. The van der Waals surface area contributed by atoms with Crippen LogP contribution < -0.4 is 0 Å². The van der Waals surface area contributed by atoms with Gasteiger partial charge in [-0.15, -0.1) is 0 Å². The van der Waals surface area contributed by atoms with Gasteiger partial charge in [0.05, 0.1) is 29.1 Å². The minimum Gasteiger partial charge on any atom is -0.388 e. The van der Waals surface area contributed by atoms with Crippen LogP contribution in [0.4, 0.5) is 4.39 Å². The summed E-state index contributed by atoms with van der Waals surface area (Å²) < 4.78 is 13.5. The Hall–Kier alpha value is -2.21. The van der Waals surface area contributed by atoms with Gasteiger partial charge in [0.25, 0.3) is 5.91 Å². The van der Waals surface area contributed by atoms with Gasteiger partial charge in [0, 0.05) is 12.1 Å². The Morgan fingerprint density at radius 2 is 2.26 bits per heavy atom. The summed E-state index contributed by atoms with van der Waals surface area (Å²) in [6.45, 7) is 0.638. The molecule has 1 atom stereocenters. The molecule has 6 heteroatoms. The molecule has 1 saturated carbocycles. The summed E-state index contributed by atoms with van der Waals surface area (Å²) in [6.07, 6.45) is 4.71. The number of aromatic amines is 1. The molecule has 0 radical (unpaired) electrons. The highest BCUT2D eigenvalue weighted by Gasteiger charge is 2.52. The van der Waals surface area contributed by atoms with Crippen LogP contribution in [0.1, 0.15) is 36.0 Å². The standard InChI is InChI=1S/C17H18FN3O2/c18-12-4-1-3-11(9-12)15-13(10-19-20-15)16(22)21-8-2-5-14(21)17(23)6-7-17/h1,3-4,9-10,14,23H,2,5-8H2,(H,19,20). The minimum absolute atomic E-state index is 0.120. The number of hydrogen-bond donors (Lipinski definition) is 2. The van der Waals surface area contributed by atoms with E-state index >= 15 is 0 Å². The lowest BCUT2D eigenvalue weighted by molar-refractivity contribution is 0.0387. The van der Waals surface area contributed by atoms with Crippen molar-refractivity contribution in [2.45, 2.75) is 37.3 Å². The number of H-pyrrole nitrogens is 1. The number of nitrogens with one attached hydrogen (secondary N) is 1. The van der Waals surface area contributed by atoms with Gasteiger partial charge in [-0.05, 0) is 37.8 Å². The zero-order valence-corrected chi connectivity index (χ0v) is 12.6. The van der Waals surface area contributed by atoms with Crippen molar-refractivity contribution in [1.29, 1.82) is 0 Å². The molecule has 1 amide bonds. The molecule has 1 aliphatic heterocycles. The molecule has 2 fully saturated rings. The molecule has 0 spiro atoms. The van der Waals surface area contributed by atoms with E-state index in [1.165, 1.54) is 18.3 Å². The predicted molar refractivity (Wildman–Crippen MR) is 82.2 cm³/mol. The van der Waals surface area contributed by atoms with Gasteiger partial charge in [-0.3, -0.25) is 9.89 Å². The zero-order valence-electron chi connectivity index (χ0n) is 12.6. The van der Waals surface area contributed by atoms with Crippen LogP contribution in [-0.2, 0) is 0 Å². The summed E-state index contributed by atoms with van der Waals surface area (Å²) in [4.78, 5) is 14.7. The van der Waals surface area contributed by atoms with E-state index in [-0.39, 0.29) is 17.8 Å². The van der Waals surface area contributed by atoms with Gasteiger partial charge in [-0.25, -0.2) is 4.39 Å². The first-order chi connectivity index (χ1) is 11.1. The number of amides is 1. The second-order valence-electron chi connectivity index (χ2n) is 6.43. The van der Waals surface area contributed by atoms with Crippen LogP contribution in [0.5, 0.6) is 0 Å². The number of benzene rings is 1. The van der Waals surface area contributed by atoms with E-state index in [1.54, 1.807) is 17.0 Å². The Labute approximate surface area is 133 Å². The van der Waals surface area contributed by atoms with Crippen molar-refractivity contribution in [3.8, 4) is 11.3 Å². The number of nitrogens with zero attached hydrogens (tertiary/aromatic N) is 2. The van der Waals surface area contributed by atoms with Crippen LogP contribution in [0.3, 0.4) is 0 Å². The minimum atomic E-state index is -0.713. The van der Waals surface area contributed by atoms with Crippen LogP contribution >= 0.6 is 0 Å². The highest BCUT2D eigenvalue weighted by molar-refractivity contribution is 6.00. The number of likely N-dealkylation sites (tertiary alicyclic amines) is 1. The van der Waals surface area contributed by atoms with Crippen molar-refractivity contribution in [1.82, 2.24) is 15.1 Å². The fourth-order valence-corrected chi connectivity index (χ4v) is 3.50. The van der Waals surface area contributed by atoms with E-state index in [0.717, 1.165) is 25.7 Å². The summed E-state index contributed by atoms with van der Waals surface area (Å²) >= 11 is 0. The molecule has 2 N–H and O–H groups in total. The Balaban J connectivity index is 1.66. The molecule has 1 unspecified atom stereocenters. The zero-order chi connectivity index (χ0) is 16.0. The van der Waals surface area contributed by atoms with Crippen LogP contribution in [0, 0.1) is 5.82 Å². The number of rotatable bonds is 3. The topological polar surface area (TPSA) is 69.2 Å². The SMILES string of the molecule is O=C(c1cn[nH]c1-c1cccc(F)c1)N1CCCC1C1(O)CC1. The fraction of sp³-hybridized carbons (Fsp3) is 0.412. The number of aromatic nitrogens is 2. The van der Waals surface area contributed by atoms with Crippen LogP contribution in [0.2, 0.25) is 0 Å². The summed E-state index contributed by atoms with van der Waals surface area (Å²) in [5, 5.41) is 17.2. The lowest BCUT2D eigenvalue weighted by Crippen LogP contribution is -2.44. The largest absolute Gasteiger partial charge is 0.388 e. The number of carbonyl (C=O) groups is 1. The smallest absolute Gasteiger partial charge is 0.258 e. The van der Waals surface area contributed by atoms with E-state index in [9.17, 15) is 14.3 Å². The van der Waals surface area contributed by atoms with E-state index in [4.69, 9.17) is 0 Å².